The lowest BCUT2D eigenvalue weighted by Gasteiger charge is -2.37. The highest BCUT2D eigenvalue weighted by molar-refractivity contribution is 6.33. The Kier molecular flexibility index (Phi) is 4.02. The molecule has 4 heteroatoms. The summed E-state index contributed by atoms with van der Waals surface area (Å²) in [5, 5.41) is 3.64. The van der Waals surface area contributed by atoms with Crippen molar-refractivity contribution in [2.45, 2.75) is 24.8 Å². The fraction of sp³-hybridized carbons (Fsp3) is 0.294. The van der Waals surface area contributed by atoms with E-state index in [9.17, 15) is 4.39 Å². The largest absolute Gasteiger partial charge is 0.497 e. The highest BCUT2D eigenvalue weighted by Crippen LogP contribution is 2.40. The van der Waals surface area contributed by atoms with Crippen molar-refractivity contribution in [2.24, 2.45) is 0 Å². The van der Waals surface area contributed by atoms with Gasteiger partial charge in [0.1, 0.15) is 11.6 Å². The Bertz CT molecular complexity index is 620. The van der Waals surface area contributed by atoms with Crippen molar-refractivity contribution < 1.29 is 9.13 Å². The zero-order chi connectivity index (χ0) is 14.8. The number of ether oxygens (including phenoxy) is 1. The summed E-state index contributed by atoms with van der Waals surface area (Å²) in [4.78, 5) is 0. The molecular weight excluding hydrogens is 289 g/mol. The smallest absolute Gasteiger partial charge is 0.147 e. The Balaban J connectivity index is 1.63. The summed E-state index contributed by atoms with van der Waals surface area (Å²) >= 11 is 6.03. The van der Waals surface area contributed by atoms with E-state index in [2.05, 4.69) is 17.4 Å². The van der Waals surface area contributed by atoms with Crippen LogP contribution in [0.5, 0.6) is 5.75 Å². The minimum absolute atomic E-state index is 0.260. The molecule has 0 aliphatic heterocycles. The summed E-state index contributed by atoms with van der Waals surface area (Å²) in [6, 6.07) is 13.1. The van der Waals surface area contributed by atoms with Crippen LogP contribution in [0, 0.1) is 5.82 Å². The fourth-order valence-corrected chi connectivity index (χ4v) is 2.96. The minimum Gasteiger partial charge on any atom is -0.497 e. The van der Waals surface area contributed by atoms with Crippen LogP contribution in [0.4, 0.5) is 10.1 Å². The number of hydrogen-bond acceptors (Lipinski definition) is 2. The average molecular weight is 306 g/mol. The second-order valence-electron chi connectivity index (χ2n) is 5.38. The molecule has 110 valence electrons. The van der Waals surface area contributed by atoms with E-state index < -0.39 is 0 Å². The average Bonchev–Trinajstić information content (AvgIpc) is 2.45. The van der Waals surface area contributed by atoms with E-state index in [0.29, 0.717) is 16.6 Å². The minimum atomic E-state index is -0.299. The predicted molar refractivity (Wildman–Crippen MR) is 83.8 cm³/mol. The molecule has 0 spiro atoms. The molecule has 0 bridgehead atoms. The van der Waals surface area contributed by atoms with Gasteiger partial charge in [-0.25, -0.2) is 4.39 Å². The third-order valence-corrected chi connectivity index (χ3v) is 4.33. The van der Waals surface area contributed by atoms with Crippen LogP contribution in [0.25, 0.3) is 0 Å². The summed E-state index contributed by atoms with van der Waals surface area (Å²) in [5.41, 5.74) is 1.68. The Morgan fingerprint density at radius 2 is 1.95 bits per heavy atom. The summed E-state index contributed by atoms with van der Waals surface area (Å²) in [7, 11) is 1.67. The number of rotatable bonds is 4. The topological polar surface area (TPSA) is 21.3 Å². The van der Waals surface area contributed by atoms with Crippen LogP contribution in [0.3, 0.4) is 0 Å². The Labute approximate surface area is 128 Å². The number of hydrogen-bond donors (Lipinski definition) is 1. The van der Waals surface area contributed by atoms with Crippen molar-refractivity contribution in [3.8, 4) is 5.75 Å². The summed E-state index contributed by atoms with van der Waals surface area (Å²) in [6.45, 7) is 0. The molecular formula is C17H17ClFNO. The van der Waals surface area contributed by atoms with Gasteiger partial charge in [-0.1, -0.05) is 29.8 Å². The highest BCUT2D eigenvalue weighted by atomic mass is 35.5. The third-order valence-electron chi connectivity index (χ3n) is 4.01. The number of benzene rings is 2. The lowest BCUT2D eigenvalue weighted by molar-refractivity contribution is 0.369. The van der Waals surface area contributed by atoms with Crippen molar-refractivity contribution in [2.75, 3.05) is 12.4 Å². The quantitative estimate of drug-likeness (QED) is 0.872. The van der Waals surface area contributed by atoms with E-state index in [-0.39, 0.29) is 11.9 Å². The Morgan fingerprint density at radius 1 is 1.19 bits per heavy atom. The van der Waals surface area contributed by atoms with Crippen LogP contribution in [0.2, 0.25) is 5.02 Å². The number of halogens is 2. The van der Waals surface area contributed by atoms with Crippen molar-refractivity contribution in [3.05, 3.63) is 58.9 Å². The van der Waals surface area contributed by atoms with Gasteiger partial charge in [-0.05, 0) is 48.6 Å². The predicted octanol–water partition coefficient (Wildman–Crippen LogP) is 4.85. The molecule has 1 aliphatic carbocycles. The lowest BCUT2D eigenvalue weighted by Crippen LogP contribution is -2.34. The van der Waals surface area contributed by atoms with Crippen LogP contribution in [-0.4, -0.2) is 13.2 Å². The molecule has 2 aromatic rings. The molecule has 21 heavy (non-hydrogen) atoms. The van der Waals surface area contributed by atoms with Crippen molar-refractivity contribution in [3.63, 3.8) is 0 Å². The summed E-state index contributed by atoms with van der Waals surface area (Å²) < 4.78 is 19.0. The SMILES string of the molecule is COc1cccc(C2CC(Nc3c(F)cccc3Cl)C2)c1. The third kappa shape index (κ3) is 2.98. The maximum absolute atomic E-state index is 13.7. The highest BCUT2D eigenvalue weighted by Gasteiger charge is 2.31. The maximum atomic E-state index is 13.7. The Hall–Kier alpha value is -1.74. The van der Waals surface area contributed by atoms with Gasteiger partial charge in [-0.3, -0.25) is 0 Å². The zero-order valence-electron chi connectivity index (χ0n) is 11.8. The molecule has 2 nitrogen and oxygen atoms in total. The van der Waals surface area contributed by atoms with Gasteiger partial charge in [0.05, 0.1) is 17.8 Å². The number of anilines is 1. The first-order valence-corrected chi connectivity index (χ1v) is 7.39. The molecule has 0 unspecified atom stereocenters. The molecule has 0 heterocycles. The normalized spacial score (nSPS) is 20.7. The molecule has 2 aromatic carbocycles. The van der Waals surface area contributed by atoms with Gasteiger partial charge >= 0.3 is 0 Å². The van der Waals surface area contributed by atoms with Gasteiger partial charge in [0, 0.05) is 6.04 Å². The van der Waals surface area contributed by atoms with E-state index in [4.69, 9.17) is 16.3 Å². The first kappa shape index (κ1) is 14.2. The fourth-order valence-electron chi connectivity index (χ4n) is 2.74. The van der Waals surface area contributed by atoms with E-state index in [1.165, 1.54) is 11.6 Å². The van der Waals surface area contributed by atoms with Crippen LogP contribution in [0.1, 0.15) is 24.3 Å². The Morgan fingerprint density at radius 3 is 2.67 bits per heavy atom. The molecule has 1 fully saturated rings. The maximum Gasteiger partial charge on any atom is 0.147 e. The molecule has 0 amide bonds. The van der Waals surface area contributed by atoms with Gasteiger partial charge < -0.3 is 10.1 Å². The van der Waals surface area contributed by atoms with Gasteiger partial charge in [0.25, 0.3) is 0 Å². The standard InChI is InChI=1S/C17H17ClFNO/c1-21-14-5-2-4-11(10-14)12-8-13(9-12)20-17-15(18)6-3-7-16(17)19/h2-7,10,12-13,20H,8-9H2,1H3. The molecule has 0 atom stereocenters. The summed E-state index contributed by atoms with van der Waals surface area (Å²) in [5.74, 6) is 1.07. The van der Waals surface area contributed by atoms with E-state index >= 15 is 0 Å². The molecule has 1 saturated carbocycles. The second kappa shape index (κ2) is 5.94. The van der Waals surface area contributed by atoms with Crippen molar-refractivity contribution in [1.29, 1.82) is 0 Å². The van der Waals surface area contributed by atoms with Crippen LogP contribution in [0.15, 0.2) is 42.5 Å². The second-order valence-corrected chi connectivity index (χ2v) is 5.79. The molecule has 0 radical (unpaired) electrons. The van der Waals surface area contributed by atoms with E-state index in [1.54, 1.807) is 19.2 Å². The van der Waals surface area contributed by atoms with Gasteiger partial charge in [0.15, 0.2) is 0 Å². The lowest BCUT2D eigenvalue weighted by atomic mass is 9.75. The molecule has 1 N–H and O–H groups in total. The monoisotopic (exact) mass is 305 g/mol. The summed E-state index contributed by atoms with van der Waals surface area (Å²) in [6.07, 6.45) is 1.94. The van der Waals surface area contributed by atoms with Gasteiger partial charge in [0.2, 0.25) is 0 Å². The van der Waals surface area contributed by atoms with Gasteiger partial charge in [-0.2, -0.15) is 0 Å². The first-order valence-electron chi connectivity index (χ1n) is 7.02. The number of nitrogens with one attached hydrogen (secondary N) is 1. The van der Waals surface area contributed by atoms with Crippen molar-refractivity contribution in [1.82, 2.24) is 0 Å². The first-order chi connectivity index (χ1) is 10.2. The molecule has 1 aliphatic rings. The molecule has 0 aromatic heterocycles. The number of para-hydroxylation sites is 1. The van der Waals surface area contributed by atoms with E-state index in [1.807, 2.05) is 12.1 Å². The van der Waals surface area contributed by atoms with E-state index in [0.717, 1.165) is 18.6 Å². The number of methoxy groups -OCH3 is 1. The van der Waals surface area contributed by atoms with Crippen molar-refractivity contribution >= 4 is 17.3 Å². The van der Waals surface area contributed by atoms with Gasteiger partial charge in [-0.15, -0.1) is 0 Å². The van der Waals surface area contributed by atoms with Crippen LogP contribution < -0.4 is 10.1 Å². The molecule has 3 rings (SSSR count). The zero-order valence-corrected chi connectivity index (χ0v) is 12.5. The van der Waals surface area contributed by atoms with Crippen LogP contribution in [-0.2, 0) is 0 Å². The molecule has 0 saturated heterocycles. The van der Waals surface area contributed by atoms with Crippen LogP contribution >= 0.6 is 11.6 Å².